The number of carbonyl (C=O) groups excluding carboxylic acids is 1. The molecular weight excluding hydrogens is 435 g/mol. The molecule has 1 atom stereocenters. The fourth-order valence-corrected chi connectivity index (χ4v) is 2.20. The lowest BCUT2D eigenvalue weighted by Crippen LogP contribution is -2.43. The topological polar surface area (TPSA) is 87.9 Å². The standard InChI is InChI=1S/C17H30N4O3.HI/c1-5-23-15(13(2)3)8-9-19-17(18-4)21-12-16(22)20-11-14-7-6-10-24-14;/h6-7,10,13,15H,5,8-9,11-12H2,1-4H3,(H,20,22)(H2,18,19,21);1H. The maximum Gasteiger partial charge on any atom is 0.239 e. The summed E-state index contributed by atoms with van der Waals surface area (Å²) in [6.07, 6.45) is 2.69. The first-order chi connectivity index (χ1) is 11.6. The molecule has 0 bridgehead atoms. The first-order valence-corrected chi connectivity index (χ1v) is 8.42. The van der Waals surface area contributed by atoms with Crippen LogP contribution in [-0.2, 0) is 16.1 Å². The molecule has 1 unspecified atom stereocenters. The van der Waals surface area contributed by atoms with Gasteiger partial charge >= 0.3 is 0 Å². The number of halogens is 1. The van der Waals surface area contributed by atoms with Gasteiger partial charge in [0.1, 0.15) is 5.76 Å². The molecule has 0 aliphatic heterocycles. The number of nitrogens with one attached hydrogen (secondary N) is 3. The van der Waals surface area contributed by atoms with Crippen LogP contribution < -0.4 is 16.0 Å². The van der Waals surface area contributed by atoms with Crippen molar-refractivity contribution in [1.82, 2.24) is 16.0 Å². The zero-order valence-electron chi connectivity index (χ0n) is 15.5. The number of nitrogens with zero attached hydrogens (tertiary/aromatic N) is 1. The Balaban J connectivity index is 0.00000576. The fraction of sp³-hybridized carbons (Fsp3) is 0.647. The van der Waals surface area contributed by atoms with Crippen molar-refractivity contribution < 1.29 is 13.9 Å². The van der Waals surface area contributed by atoms with Crippen molar-refractivity contribution in [3.8, 4) is 0 Å². The number of aliphatic imine (C=N–C) groups is 1. The van der Waals surface area contributed by atoms with Crippen LogP contribution in [0.25, 0.3) is 0 Å². The zero-order chi connectivity index (χ0) is 17.8. The summed E-state index contributed by atoms with van der Waals surface area (Å²) in [5.41, 5.74) is 0. The largest absolute Gasteiger partial charge is 0.467 e. The van der Waals surface area contributed by atoms with E-state index in [4.69, 9.17) is 9.15 Å². The van der Waals surface area contributed by atoms with E-state index in [1.165, 1.54) is 0 Å². The molecule has 8 heteroatoms. The highest BCUT2D eigenvalue weighted by Crippen LogP contribution is 2.09. The van der Waals surface area contributed by atoms with Crippen LogP contribution >= 0.6 is 24.0 Å². The van der Waals surface area contributed by atoms with Crippen LogP contribution in [-0.4, -0.2) is 44.7 Å². The predicted molar refractivity (Wildman–Crippen MR) is 110 cm³/mol. The van der Waals surface area contributed by atoms with Gasteiger partial charge in [0.2, 0.25) is 5.91 Å². The lowest BCUT2D eigenvalue weighted by molar-refractivity contribution is -0.120. The zero-order valence-corrected chi connectivity index (χ0v) is 17.8. The molecule has 0 saturated carbocycles. The van der Waals surface area contributed by atoms with E-state index >= 15 is 0 Å². The molecule has 7 nitrogen and oxygen atoms in total. The third-order valence-electron chi connectivity index (χ3n) is 3.53. The quantitative estimate of drug-likeness (QED) is 0.280. The van der Waals surface area contributed by atoms with Crippen molar-refractivity contribution in [2.75, 3.05) is 26.7 Å². The van der Waals surface area contributed by atoms with Crippen molar-refractivity contribution >= 4 is 35.8 Å². The number of guanidine groups is 1. The normalized spacial score (nSPS) is 12.4. The van der Waals surface area contributed by atoms with Crippen molar-refractivity contribution in [3.05, 3.63) is 24.2 Å². The maximum atomic E-state index is 11.8. The van der Waals surface area contributed by atoms with Crippen molar-refractivity contribution in [1.29, 1.82) is 0 Å². The molecule has 0 aliphatic carbocycles. The van der Waals surface area contributed by atoms with E-state index in [2.05, 4.69) is 34.8 Å². The van der Waals surface area contributed by atoms with Gasteiger partial charge in [0.15, 0.2) is 5.96 Å². The minimum absolute atomic E-state index is 0. The first-order valence-electron chi connectivity index (χ1n) is 8.42. The van der Waals surface area contributed by atoms with Gasteiger partial charge in [-0.25, -0.2) is 0 Å². The molecule has 1 heterocycles. The van der Waals surface area contributed by atoms with E-state index in [-0.39, 0.29) is 42.5 Å². The summed E-state index contributed by atoms with van der Waals surface area (Å²) in [4.78, 5) is 15.9. The Bertz CT molecular complexity index is 492. The Morgan fingerprint density at radius 2 is 2.08 bits per heavy atom. The summed E-state index contributed by atoms with van der Waals surface area (Å²) in [6.45, 7) is 8.28. The van der Waals surface area contributed by atoms with Gasteiger partial charge in [-0.2, -0.15) is 0 Å². The Morgan fingerprint density at radius 1 is 1.32 bits per heavy atom. The third kappa shape index (κ3) is 10.3. The van der Waals surface area contributed by atoms with Crippen molar-refractivity contribution in [2.24, 2.45) is 10.9 Å². The molecule has 1 aromatic heterocycles. The highest BCUT2D eigenvalue weighted by Gasteiger charge is 2.13. The second-order valence-corrected chi connectivity index (χ2v) is 5.74. The molecule has 0 saturated heterocycles. The van der Waals surface area contributed by atoms with Gasteiger partial charge < -0.3 is 25.1 Å². The van der Waals surface area contributed by atoms with Crippen LogP contribution in [0.2, 0.25) is 0 Å². The summed E-state index contributed by atoms with van der Waals surface area (Å²) < 4.78 is 10.9. The highest BCUT2D eigenvalue weighted by molar-refractivity contribution is 14.0. The van der Waals surface area contributed by atoms with Crippen LogP contribution in [0.15, 0.2) is 27.8 Å². The van der Waals surface area contributed by atoms with Crippen LogP contribution in [0.1, 0.15) is 33.0 Å². The van der Waals surface area contributed by atoms with E-state index in [0.717, 1.165) is 18.7 Å². The summed E-state index contributed by atoms with van der Waals surface area (Å²) in [5, 5.41) is 8.96. The Kier molecular flexibility index (Phi) is 13.2. The number of rotatable bonds is 10. The van der Waals surface area contributed by atoms with Gasteiger partial charge in [-0.1, -0.05) is 13.8 Å². The number of hydrogen-bond acceptors (Lipinski definition) is 4. The lowest BCUT2D eigenvalue weighted by atomic mass is 10.0. The average Bonchev–Trinajstić information content (AvgIpc) is 3.08. The van der Waals surface area contributed by atoms with Crippen molar-refractivity contribution in [2.45, 2.75) is 39.8 Å². The van der Waals surface area contributed by atoms with Crippen LogP contribution in [0.4, 0.5) is 0 Å². The molecule has 144 valence electrons. The number of furan rings is 1. The second kappa shape index (κ2) is 13.9. The Labute approximate surface area is 167 Å². The summed E-state index contributed by atoms with van der Waals surface area (Å²) >= 11 is 0. The van der Waals surface area contributed by atoms with Gasteiger partial charge in [-0.05, 0) is 31.4 Å². The molecule has 0 aliphatic rings. The Morgan fingerprint density at radius 3 is 2.64 bits per heavy atom. The summed E-state index contributed by atoms with van der Waals surface area (Å²) in [5.74, 6) is 1.67. The van der Waals surface area contributed by atoms with E-state index in [9.17, 15) is 4.79 Å². The molecule has 1 rings (SSSR count). The molecule has 0 spiro atoms. The van der Waals surface area contributed by atoms with Gasteiger partial charge in [0, 0.05) is 20.2 Å². The highest BCUT2D eigenvalue weighted by atomic mass is 127. The van der Waals surface area contributed by atoms with Gasteiger partial charge in [0.25, 0.3) is 0 Å². The maximum absolute atomic E-state index is 11.8. The van der Waals surface area contributed by atoms with E-state index in [1.54, 1.807) is 19.4 Å². The summed E-state index contributed by atoms with van der Waals surface area (Å²) in [7, 11) is 1.68. The lowest BCUT2D eigenvalue weighted by Gasteiger charge is -2.21. The molecule has 3 N–H and O–H groups in total. The second-order valence-electron chi connectivity index (χ2n) is 5.74. The number of carbonyl (C=O) groups is 1. The molecule has 1 amide bonds. The Hall–Kier alpha value is -1.29. The van der Waals surface area contributed by atoms with Gasteiger partial charge in [0.05, 0.1) is 25.5 Å². The van der Waals surface area contributed by atoms with Gasteiger partial charge in [-0.15, -0.1) is 24.0 Å². The molecule has 1 aromatic rings. The van der Waals surface area contributed by atoms with Crippen molar-refractivity contribution in [3.63, 3.8) is 0 Å². The minimum Gasteiger partial charge on any atom is -0.467 e. The molecule has 0 fully saturated rings. The molecule has 0 aromatic carbocycles. The minimum atomic E-state index is -0.122. The SMILES string of the molecule is CCOC(CCNC(=NC)NCC(=O)NCc1ccco1)C(C)C.I. The molecule has 0 radical (unpaired) electrons. The molecular formula is C17H31IN4O3. The number of amides is 1. The smallest absolute Gasteiger partial charge is 0.239 e. The average molecular weight is 466 g/mol. The van der Waals surface area contributed by atoms with Crippen LogP contribution in [0, 0.1) is 5.92 Å². The van der Waals surface area contributed by atoms with E-state index in [1.807, 2.05) is 13.0 Å². The monoisotopic (exact) mass is 466 g/mol. The predicted octanol–water partition coefficient (Wildman–Crippen LogP) is 2.13. The summed E-state index contributed by atoms with van der Waals surface area (Å²) in [6, 6.07) is 3.61. The number of ether oxygens (including phenoxy) is 1. The van der Waals surface area contributed by atoms with Crippen LogP contribution in [0.5, 0.6) is 0 Å². The molecule has 25 heavy (non-hydrogen) atoms. The fourth-order valence-electron chi connectivity index (χ4n) is 2.20. The van der Waals surface area contributed by atoms with E-state index in [0.29, 0.717) is 25.0 Å². The van der Waals surface area contributed by atoms with Crippen LogP contribution in [0.3, 0.4) is 0 Å². The van der Waals surface area contributed by atoms with Gasteiger partial charge in [-0.3, -0.25) is 9.79 Å². The third-order valence-corrected chi connectivity index (χ3v) is 3.53. The van der Waals surface area contributed by atoms with E-state index < -0.39 is 0 Å². The first kappa shape index (κ1) is 23.7. The number of hydrogen-bond donors (Lipinski definition) is 3.